The van der Waals surface area contributed by atoms with Gasteiger partial charge in [0.15, 0.2) is 0 Å². The van der Waals surface area contributed by atoms with E-state index in [1.165, 1.54) is 18.2 Å². The van der Waals surface area contributed by atoms with Gasteiger partial charge in [-0.3, -0.25) is 4.79 Å². The molecule has 0 saturated heterocycles. The van der Waals surface area contributed by atoms with E-state index >= 15 is 0 Å². The van der Waals surface area contributed by atoms with Crippen molar-refractivity contribution in [2.24, 2.45) is 0 Å². The van der Waals surface area contributed by atoms with Crippen LogP contribution in [0.2, 0.25) is 0 Å². The van der Waals surface area contributed by atoms with Crippen LogP contribution >= 0.6 is 0 Å². The zero-order valence-electron chi connectivity index (χ0n) is 13.6. The predicted octanol–water partition coefficient (Wildman–Crippen LogP) is 4.98. The zero-order chi connectivity index (χ0) is 18.9. The highest BCUT2D eigenvalue weighted by molar-refractivity contribution is 6.06. The molecule has 4 nitrogen and oxygen atoms in total. The first-order chi connectivity index (χ1) is 12.3. The first-order valence-electron chi connectivity index (χ1n) is 7.72. The third-order valence-electron chi connectivity index (χ3n) is 3.71. The lowest BCUT2D eigenvalue weighted by atomic mass is 10.1. The molecule has 0 bridgehead atoms. The van der Waals surface area contributed by atoms with Crippen molar-refractivity contribution in [2.75, 3.05) is 11.9 Å². The molecule has 1 amide bonds. The second kappa shape index (κ2) is 6.70. The molecular weight excluding hydrogens is 352 g/mol. The Labute approximate surface area is 145 Å². The molecule has 0 aliphatic rings. The van der Waals surface area contributed by atoms with Crippen molar-refractivity contribution in [3.05, 3.63) is 59.5 Å². The van der Waals surface area contributed by atoms with E-state index < -0.39 is 23.5 Å². The van der Waals surface area contributed by atoms with E-state index in [9.17, 15) is 22.4 Å². The number of aromatic amines is 1. The minimum absolute atomic E-state index is 0.0185. The number of H-pyrrole nitrogens is 1. The van der Waals surface area contributed by atoms with Gasteiger partial charge in [0.25, 0.3) is 5.91 Å². The third-order valence-corrected chi connectivity index (χ3v) is 3.71. The molecule has 3 rings (SSSR count). The second-order valence-electron chi connectivity index (χ2n) is 5.48. The Kier molecular flexibility index (Phi) is 4.58. The van der Waals surface area contributed by atoms with Crippen molar-refractivity contribution in [3.8, 4) is 5.75 Å². The molecule has 0 unspecified atom stereocenters. The number of benzene rings is 2. The molecule has 26 heavy (non-hydrogen) atoms. The van der Waals surface area contributed by atoms with Crippen LogP contribution in [0.5, 0.6) is 5.75 Å². The van der Waals surface area contributed by atoms with Crippen molar-refractivity contribution >= 4 is 22.5 Å². The Morgan fingerprint density at radius 3 is 2.62 bits per heavy atom. The monoisotopic (exact) mass is 366 g/mol. The Morgan fingerprint density at radius 1 is 1.19 bits per heavy atom. The zero-order valence-corrected chi connectivity index (χ0v) is 13.6. The Balaban J connectivity index is 1.95. The van der Waals surface area contributed by atoms with Gasteiger partial charge in [-0.05, 0) is 43.3 Å². The lowest BCUT2D eigenvalue weighted by Gasteiger charge is -2.14. The number of alkyl halides is 3. The first-order valence-corrected chi connectivity index (χ1v) is 7.72. The molecule has 0 spiro atoms. The second-order valence-corrected chi connectivity index (χ2v) is 5.48. The van der Waals surface area contributed by atoms with E-state index in [1.807, 2.05) is 0 Å². The number of fused-ring (bicyclic) bond motifs is 1. The molecule has 0 saturated carbocycles. The van der Waals surface area contributed by atoms with Crippen LogP contribution in [-0.4, -0.2) is 17.5 Å². The molecule has 0 aliphatic heterocycles. The van der Waals surface area contributed by atoms with Gasteiger partial charge in [0.05, 0.1) is 17.9 Å². The lowest BCUT2D eigenvalue weighted by Crippen LogP contribution is -2.14. The number of aromatic nitrogens is 1. The predicted molar refractivity (Wildman–Crippen MR) is 88.8 cm³/mol. The van der Waals surface area contributed by atoms with Crippen molar-refractivity contribution < 1.29 is 27.1 Å². The topological polar surface area (TPSA) is 54.1 Å². The summed E-state index contributed by atoms with van der Waals surface area (Å²) in [6, 6.07) is 8.44. The van der Waals surface area contributed by atoms with E-state index in [4.69, 9.17) is 4.74 Å². The van der Waals surface area contributed by atoms with Crippen LogP contribution in [0.3, 0.4) is 0 Å². The average Bonchev–Trinajstić information content (AvgIpc) is 3.01. The molecule has 2 N–H and O–H groups in total. The highest BCUT2D eigenvalue weighted by atomic mass is 19.4. The lowest BCUT2D eigenvalue weighted by molar-refractivity contribution is -0.137. The molecule has 0 atom stereocenters. The first kappa shape index (κ1) is 17.8. The maximum atomic E-state index is 13.7. The van der Waals surface area contributed by atoms with Crippen molar-refractivity contribution in [2.45, 2.75) is 13.1 Å². The minimum Gasteiger partial charge on any atom is -0.492 e. The number of anilines is 1. The average molecular weight is 366 g/mol. The minimum atomic E-state index is -4.56. The smallest absolute Gasteiger partial charge is 0.416 e. The SMILES string of the molecule is CCOc1ccc(C(F)(F)F)cc1NC(=O)c1cc2c(F)cccc2[nH]1. The fraction of sp³-hybridized carbons (Fsp3) is 0.167. The van der Waals surface area contributed by atoms with Crippen LogP contribution in [0.1, 0.15) is 23.0 Å². The van der Waals surface area contributed by atoms with Crippen LogP contribution in [0.25, 0.3) is 10.9 Å². The van der Waals surface area contributed by atoms with Gasteiger partial charge in [0.2, 0.25) is 0 Å². The van der Waals surface area contributed by atoms with E-state index in [1.54, 1.807) is 13.0 Å². The van der Waals surface area contributed by atoms with Gasteiger partial charge < -0.3 is 15.0 Å². The molecule has 0 fully saturated rings. The highest BCUT2D eigenvalue weighted by Gasteiger charge is 2.31. The normalized spacial score (nSPS) is 11.6. The van der Waals surface area contributed by atoms with Crippen molar-refractivity contribution in [1.29, 1.82) is 0 Å². The summed E-state index contributed by atoms with van der Waals surface area (Å²) in [6.45, 7) is 1.88. The molecule has 136 valence electrons. The van der Waals surface area contributed by atoms with E-state index in [0.717, 1.165) is 18.2 Å². The summed E-state index contributed by atoms with van der Waals surface area (Å²) in [5.74, 6) is -1.11. The summed E-state index contributed by atoms with van der Waals surface area (Å²) in [5, 5.41) is 2.60. The molecule has 8 heteroatoms. The number of hydrogen-bond acceptors (Lipinski definition) is 2. The highest BCUT2D eigenvalue weighted by Crippen LogP contribution is 2.35. The molecule has 2 aromatic carbocycles. The van der Waals surface area contributed by atoms with E-state index in [-0.39, 0.29) is 29.1 Å². The summed E-state index contributed by atoms with van der Waals surface area (Å²) < 4.78 is 57.8. The van der Waals surface area contributed by atoms with Crippen LogP contribution in [0.4, 0.5) is 23.2 Å². The van der Waals surface area contributed by atoms with Gasteiger partial charge in [-0.1, -0.05) is 6.07 Å². The fourth-order valence-electron chi connectivity index (χ4n) is 2.52. The largest absolute Gasteiger partial charge is 0.492 e. The summed E-state index contributed by atoms with van der Waals surface area (Å²) in [6.07, 6.45) is -4.56. The number of carbonyl (C=O) groups excluding carboxylic acids is 1. The summed E-state index contributed by atoms with van der Waals surface area (Å²) in [7, 11) is 0. The van der Waals surface area contributed by atoms with Gasteiger partial charge in [-0.15, -0.1) is 0 Å². The summed E-state index contributed by atoms with van der Waals surface area (Å²) in [4.78, 5) is 15.1. The Morgan fingerprint density at radius 2 is 1.96 bits per heavy atom. The third kappa shape index (κ3) is 3.49. The molecular formula is C18H14F4N2O2. The maximum Gasteiger partial charge on any atom is 0.416 e. The molecule has 3 aromatic rings. The van der Waals surface area contributed by atoms with Gasteiger partial charge in [-0.25, -0.2) is 4.39 Å². The van der Waals surface area contributed by atoms with Crippen LogP contribution in [0, 0.1) is 5.82 Å². The maximum absolute atomic E-state index is 13.7. The summed E-state index contributed by atoms with van der Waals surface area (Å²) in [5.41, 5.74) is -0.612. The number of halogens is 4. The van der Waals surface area contributed by atoms with Crippen molar-refractivity contribution in [3.63, 3.8) is 0 Å². The van der Waals surface area contributed by atoms with E-state index in [2.05, 4.69) is 10.3 Å². The van der Waals surface area contributed by atoms with Gasteiger partial charge in [-0.2, -0.15) is 13.2 Å². The quantitative estimate of drug-likeness (QED) is 0.640. The van der Waals surface area contributed by atoms with E-state index in [0.29, 0.717) is 5.52 Å². The Hall–Kier alpha value is -3.03. The fourth-order valence-corrected chi connectivity index (χ4v) is 2.52. The van der Waals surface area contributed by atoms with Crippen LogP contribution in [-0.2, 0) is 6.18 Å². The van der Waals surface area contributed by atoms with Crippen molar-refractivity contribution in [1.82, 2.24) is 4.98 Å². The number of rotatable bonds is 4. The van der Waals surface area contributed by atoms with Gasteiger partial charge in [0.1, 0.15) is 17.3 Å². The molecule has 0 radical (unpaired) electrons. The number of carbonyl (C=O) groups is 1. The number of amides is 1. The van der Waals surface area contributed by atoms with Gasteiger partial charge in [0, 0.05) is 10.9 Å². The number of ether oxygens (including phenoxy) is 1. The van der Waals surface area contributed by atoms with Gasteiger partial charge >= 0.3 is 6.18 Å². The van der Waals surface area contributed by atoms with Crippen LogP contribution in [0.15, 0.2) is 42.5 Å². The number of nitrogens with one attached hydrogen (secondary N) is 2. The molecule has 0 aliphatic carbocycles. The number of hydrogen-bond donors (Lipinski definition) is 2. The molecule has 1 aromatic heterocycles. The Bertz CT molecular complexity index is 963. The molecule has 1 heterocycles. The summed E-state index contributed by atoms with van der Waals surface area (Å²) >= 11 is 0. The standard InChI is InChI=1S/C18H14F4N2O2/c1-2-26-16-7-6-10(18(20,21)22)8-14(16)24-17(25)15-9-11-12(19)4-3-5-13(11)23-15/h3-9,23H,2H2,1H3,(H,24,25). The van der Waals surface area contributed by atoms with Crippen LogP contribution < -0.4 is 10.1 Å².